The molecule has 6 heteroatoms. The number of nitrogens with one attached hydrogen (secondary N) is 1. The maximum absolute atomic E-state index is 13.1. The molecule has 1 aromatic rings. The molecule has 0 aromatic heterocycles. The van der Waals surface area contributed by atoms with Crippen LogP contribution in [-0.2, 0) is 6.42 Å². The number of urea groups is 1. The predicted molar refractivity (Wildman–Crippen MR) is 74.7 cm³/mol. The van der Waals surface area contributed by atoms with Gasteiger partial charge in [-0.05, 0) is 42.9 Å². The Labute approximate surface area is 122 Å². The molecule has 0 radical (unpaired) electrons. The van der Waals surface area contributed by atoms with Crippen LogP contribution in [-0.4, -0.2) is 36.1 Å². The van der Waals surface area contributed by atoms with Crippen LogP contribution in [0.5, 0.6) is 0 Å². The minimum atomic E-state index is -0.861. The van der Waals surface area contributed by atoms with Crippen molar-refractivity contribution < 1.29 is 13.6 Å². The molecule has 1 saturated carbocycles. The van der Waals surface area contributed by atoms with Gasteiger partial charge in [-0.15, -0.1) is 0 Å². The molecule has 114 valence electrons. The first-order chi connectivity index (χ1) is 9.98. The number of fused-ring (bicyclic) bond motifs is 1. The minimum absolute atomic E-state index is 0.128. The highest BCUT2D eigenvalue weighted by Gasteiger charge is 2.51. The zero-order chi connectivity index (χ0) is 15.0. The van der Waals surface area contributed by atoms with E-state index < -0.39 is 11.6 Å². The van der Waals surface area contributed by atoms with Crippen molar-refractivity contribution in [3.8, 4) is 0 Å². The number of benzene rings is 1. The van der Waals surface area contributed by atoms with Crippen molar-refractivity contribution in [1.29, 1.82) is 0 Å². The van der Waals surface area contributed by atoms with Crippen LogP contribution < -0.4 is 11.1 Å². The van der Waals surface area contributed by atoms with Gasteiger partial charge in [0.25, 0.3) is 0 Å². The Morgan fingerprint density at radius 3 is 2.81 bits per heavy atom. The average molecular weight is 295 g/mol. The number of carbonyl (C=O) groups excluding carboxylic acids is 1. The minimum Gasteiger partial charge on any atom is -0.338 e. The predicted octanol–water partition coefficient (Wildman–Crippen LogP) is 1.64. The first-order valence-electron chi connectivity index (χ1n) is 7.23. The molecule has 1 aromatic carbocycles. The standard InChI is InChI=1S/C15H19F2N3O/c16-12-2-1-10(7-13(12)17)4-6-19-14(21)20-8-11-3-5-15(11,18)9-20/h1-2,7,11H,3-6,8-9,18H2,(H,19,21)/t11-,15-/m0/s1. The lowest BCUT2D eigenvalue weighted by Gasteiger charge is -2.39. The summed E-state index contributed by atoms with van der Waals surface area (Å²) in [5, 5.41) is 2.81. The van der Waals surface area contributed by atoms with Crippen LogP contribution in [0.1, 0.15) is 18.4 Å². The fourth-order valence-electron chi connectivity index (χ4n) is 3.16. The topological polar surface area (TPSA) is 58.4 Å². The molecule has 4 nitrogen and oxygen atoms in total. The maximum atomic E-state index is 13.1. The van der Waals surface area contributed by atoms with Gasteiger partial charge in [-0.25, -0.2) is 13.6 Å². The molecule has 1 saturated heterocycles. The van der Waals surface area contributed by atoms with Crippen LogP contribution >= 0.6 is 0 Å². The molecule has 1 aliphatic heterocycles. The Kier molecular flexibility index (Phi) is 3.57. The number of hydrogen-bond acceptors (Lipinski definition) is 2. The zero-order valence-corrected chi connectivity index (χ0v) is 11.7. The summed E-state index contributed by atoms with van der Waals surface area (Å²) in [6, 6.07) is 3.65. The Hall–Kier alpha value is -1.69. The monoisotopic (exact) mass is 295 g/mol. The third kappa shape index (κ3) is 2.72. The Bertz CT molecular complexity index is 566. The first-order valence-corrected chi connectivity index (χ1v) is 7.23. The van der Waals surface area contributed by atoms with E-state index in [2.05, 4.69) is 5.32 Å². The molecule has 3 N–H and O–H groups in total. The molecule has 2 atom stereocenters. The van der Waals surface area contributed by atoms with E-state index >= 15 is 0 Å². The molecule has 1 heterocycles. The average Bonchev–Trinajstić information content (AvgIpc) is 2.67. The smallest absolute Gasteiger partial charge is 0.317 e. The van der Waals surface area contributed by atoms with E-state index in [1.165, 1.54) is 6.07 Å². The van der Waals surface area contributed by atoms with Crippen molar-refractivity contribution >= 4 is 6.03 Å². The molecule has 2 aliphatic rings. The first kappa shape index (κ1) is 14.3. The van der Waals surface area contributed by atoms with Gasteiger partial charge >= 0.3 is 6.03 Å². The van der Waals surface area contributed by atoms with Crippen LogP contribution in [0.4, 0.5) is 13.6 Å². The van der Waals surface area contributed by atoms with E-state index in [-0.39, 0.29) is 11.6 Å². The normalized spacial score (nSPS) is 27.2. The van der Waals surface area contributed by atoms with E-state index in [9.17, 15) is 13.6 Å². The van der Waals surface area contributed by atoms with Crippen LogP contribution in [0.2, 0.25) is 0 Å². The molecule has 0 bridgehead atoms. The Morgan fingerprint density at radius 2 is 2.24 bits per heavy atom. The molecular weight excluding hydrogens is 276 g/mol. The number of nitrogens with zero attached hydrogens (tertiary/aromatic N) is 1. The fraction of sp³-hybridized carbons (Fsp3) is 0.533. The van der Waals surface area contributed by atoms with E-state index in [1.807, 2.05) is 0 Å². The quantitative estimate of drug-likeness (QED) is 0.890. The Morgan fingerprint density at radius 1 is 1.43 bits per heavy atom. The second-order valence-electron chi connectivity index (χ2n) is 6.08. The zero-order valence-electron chi connectivity index (χ0n) is 11.7. The highest BCUT2D eigenvalue weighted by Crippen LogP contribution is 2.42. The van der Waals surface area contributed by atoms with E-state index in [0.29, 0.717) is 37.5 Å². The van der Waals surface area contributed by atoms with E-state index in [0.717, 1.165) is 25.0 Å². The van der Waals surface area contributed by atoms with Gasteiger partial charge in [-0.1, -0.05) is 6.07 Å². The third-order valence-corrected chi connectivity index (χ3v) is 4.66. The van der Waals surface area contributed by atoms with Crippen molar-refractivity contribution in [1.82, 2.24) is 10.2 Å². The molecule has 2 fully saturated rings. The second kappa shape index (κ2) is 5.26. The number of carbonyl (C=O) groups is 1. The summed E-state index contributed by atoms with van der Waals surface area (Å²) in [6.07, 6.45) is 2.54. The molecule has 21 heavy (non-hydrogen) atoms. The van der Waals surface area contributed by atoms with Crippen LogP contribution in [0.15, 0.2) is 18.2 Å². The molecule has 0 spiro atoms. The SMILES string of the molecule is N[C@]12CC[C@H]1CN(C(=O)NCCc1ccc(F)c(F)c1)C2. The number of nitrogens with two attached hydrogens (primary N) is 1. The lowest BCUT2D eigenvalue weighted by atomic mass is 9.70. The fourth-order valence-corrected chi connectivity index (χ4v) is 3.16. The van der Waals surface area contributed by atoms with Gasteiger partial charge in [-0.3, -0.25) is 0 Å². The summed E-state index contributed by atoms with van der Waals surface area (Å²) in [7, 11) is 0. The molecule has 3 rings (SSSR count). The van der Waals surface area contributed by atoms with Gasteiger partial charge < -0.3 is 16.0 Å². The van der Waals surface area contributed by atoms with Crippen LogP contribution in [0, 0.1) is 17.6 Å². The van der Waals surface area contributed by atoms with Gasteiger partial charge in [0.2, 0.25) is 0 Å². The summed E-state index contributed by atoms with van der Waals surface area (Å²) >= 11 is 0. The van der Waals surface area contributed by atoms with Crippen LogP contribution in [0.25, 0.3) is 0 Å². The van der Waals surface area contributed by atoms with E-state index in [1.54, 1.807) is 4.90 Å². The number of hydrogen-bond donors (Lipinski definition) is 2. The van der Waals surface area contributed by atoms with Gasteiger partial charge in [0, 0.05) is 25.2 Å². The summed E-state index contributed by atoms with van der Waals surface area (Å²) in [5.74, 6) is -1.29. The van der Waals surface area contributed by atoms with Gasteiger partial charge in [0.15, 0.2) is 11.6 Å². The van der Waals surface area contributed by atoms with Crippen molar-refractivity contribution in [2.75, 3.05) is 19.6 Å². The van der Waals surface area contributed by atoms with Gasteiger partial charge in [0.1, 0.15) is 0 Å². The molecular formula is C15H19F2N3O. The van der Waals surface area contributed by atoms with E-state index in [4.69, 9.17) is 5.73 Å². The number of halogens is 2. The lowest BCUT2D eigenvalue weighted by molar-refractivity contribution is 0.187. The largest absolute Gasteiger partial charge is 0.338 e. The van der Waals surface area contributed by atoms with Gasteiger partial charge in [0.05, 0.1) is 0 Å². The number of amides is 2. The van der Waals surface area contributed by atoms with Crippen LogP contribution in [0.3, 0.4) is 0 Å². The molecule has 1 aliphatic carbocycles. The number of rotatable bonds is 3. The number of likely N-dealkylation sites (tertiary alicyclic amines) is 1. The van der Waals surface area contributed by atoms with Crippen molar-refractivity contribution in [3.05, 3.63) is 35.4 Å². The summed E-state index contributed by atoms with van der Waals surface area (Å²) in [5.41, 5.74) is 6.66. The summed E-state index contributed by atoms with van der Waals surface area (Å²) in [6.45, 7) is 1.71. The van der Waals surface area contributed by atoms with Crippen molar-refractivity contribution in [2.24, 2.45) is 11.7 Å². The summed E-state index contributed by atoms with van der Waals surface area (Å²) in [4.78, 5) is 13.8. The van der Waals surface area contributed by atoms with Crippen molar-refractivity contribution in [3.63, 3.8) is 0 Å². The summed E-state index contributed by atoms with van der Waals surface area (Å²) < 4.78 is 25.9. The Balaban J connectivity index is 1.47. The lowest BCUT2D eigenvalue weighted by Crippen LogP contribution is -2.55. The highest BCUT2D eigenvalue weighted by molar-refractivity contribution is 5.74. The molecule has 0 unspecified atom stereocenters. The highest BCUT2D eigenvalue weighted by atomic mass is 19.2. The molecule has 2 amide bonds. The maximum Gasteiger partial charge on any atom is 0.317 e. The van der Waals surface area contributed by atoms with Crippen molar-refractivity contribution in [2.45, 2.75) is 24.8 Å². The van der Waals surface area contributed by atoms with Gasteiger partial charge in [-0.2, -0.15) is 0 Å². The third-order valence-electron chi connectivity index (χ3n) is 4.66. The second-order valence-corrected chi connectivity index (χ2v) is 6.08.